The molecule has 2 amide bonds. The standard InChI is InChI=1S/C22H26N2O2S2/c1-15(2)14-24-20(18-8-5-11-28-18)19(22(26)23-9-12-27-13-10-23)16-6-3-4-7-17(16)21(24)25/h3-8,11,15,19-20H,9-10,12-14H2,1-2H3/t19-,20-/m1/s1. The predicted octanol–water partition coefficient (Wildman–Crippen LogP) is 4.26. The molecule has 3 heterocycles. The number of amides is 2. The van der Waals surface area contributed by atoms with Gasteiger partial charge < -0.3 is 9.80 Å². The number of thiophene rings is 1. The quantitative estimate of drug-likeness (QED) is 0.751. The van der Waals surface area contributed by atoms with Crippen molar-refractivity contribution < 1.29 is 9.59 Å². The number of hydrogen-bond donors (Lipinski definition) is 0. The van der Waals surface area contributed by atoms with E-state index in [0.29, 0.717) is 18.0 Å². The molecule has 1 aromatic heterocycles. The van der Waals surface area contributed by atoms with Crippen LogP contribution in [-0.4, -0.2) is 52.8 Å². The fourth-order valence-electron chi connectivity index (χ4n) is 4.21. The van der Waals surface area contributed by atoms with Gasteiger partial charge in [0.25, 0.3) is 5.91 Å². The monoisotopic (exact) mass is 414 g/mol. The van der Waals surface area contributed by atoms with Crippen LogP contribution in [0.3, 0.4) is 0 Å². The van der Waals surface area contributed by atoms with Gasteiger partial charge in [-0.2, -0.15) is 11.8 Å². The van der Waals surface area contributed by atoms with E-state index in [1.54, 1.807) is 11.3 Å². The first-order valence-electron chi connectivity index (χ1n) is 9.87. The number of fused-ring (bicyclic) bond motifs is 1. The van der Waals surface area contributed by atoms with E-state index >= 15 is 0 Å². The third kappa shape index (κ3) is 3.60. The van der Waals surface area contributed by atoms with E-state index in [1.165, 1.54) is 0 Å². The molecule has 0 N–H and O–H groups in total. The molecular formula is C22H26N2O2S2. The number of rotatable bonds is 4. The zero-order chi connectivity index (χ0) is 19.7. The van der Waals surface area contributed by atoms with Crippen LogP contribution in [0.5, 0.6) is 0 Å². The van der Waals surface area contributed by atoms with Crippen molar-refractivity contribution in [1.29, 1.82) is 0 Å². The molecule has 0 saturated carbocycles. The van der Waals surface area contributed by atoms with Crippen LogP contribution in [0.1, 0.15) is 46.6 Å². The minimum Gasteiger partial charge on any atom is -0.340 e. The van der Waals surface area contributed by atoms with Crippen molar-refractivity contribution in [1.82, 2.24) is 9.80 Å². The van der Waals surface area contributed by atoms with Gasteiger partial charge in [0.05, 0.1) is 12.0 Å². The number of carbonyl (C=O) groups is 2. The van der Waals surface area contributed by atoms with Crippen LogP contribution in [-0.2, 0) is 4.79 Å². The lowest BCUT2D eigenvalue weighted by atomic mass is 9.80. The molecule has 1 aromatic carbocycles. The van der Waals surface area contributed by atoms with Crippen LogP contribution < -0.4 is 0 Å². The summed E-state index contributed by atoms with van der Waals surface area (Å²) in [5, 5.41) is 2.03. The summed E-state index contributed by atoms with van der Waals surface area (Å²) < 4.78 is 0. The average molecular weight is 415 g/mol. The molecule has 1 saturated heterocycles. The van der Waals surface area contributed by atoms with Crippen molar-refractivity contribution in [2.24, 2.45) is 5.92 Å². The van der Waals surface area contributed by atoms with Gasteiger partial charge in [-0.25, -0.2) is 0 Å². The number of benzene rings is 1. The Morgan fingerprint density at radius 3 is 2.57 bits per heavy atom. The fourth-order valence-corrected chi connectivity index (χ4v) is 5.99. The highest BCUT2D eigenvalue weighted by Gasteiger charge is 2.45. The Balaban J connectivity index is 1.83. The molecule has 1 fully saturated rings. The number of nitrogens with zero attached hydrogens (tertiary/aromatic N) is 2. The van der Waals surface area contributed by atoms with Gasteiger partial charge in [0.15, 0.2) is 0 Å². The van der Waals surface area contributed by atoms with Crippen LogP contribution in [0.2, 0.25) is 0 Å². The molecule has 2 aromatic rings. The lowest BCUT2D eigenvalue weighted by molar-refractivity contribution is -0.134. The van der Waals surface area contributed by atoms with Gasteiger partial charge in [-0.05, 0) is 29.0 Å². The summed E-state index contributed by atoms with van der Waals surface area (Å²) in [6.45, 7) is 6.47. The van der Waals surface area contributed by atoms with Crippen molar-refractivity contribution in [3.63, 3.8) is 0 Å². The zero-order valence-corrected chi connectivity index (χ0v) is 18.0. The normalized spacial score (nSPS) is 22.5. The van der Waals surface area contributed by atoms with Gasteiger partial charge in [0.2, 0.25) is 5.91 Å². The minimum absolute atomic E-state index is 0.0425. The first kappa shape index (κ1) is 19.5. The molecule has 2 aliphatic rings. The number of thioether (sulfide) groups is 1. The third-order valence-corrected chi connectivity index (χ3v) is 7.31. The second kappa shape index (κ2) is 8.29. The molecule has 0 spiro atoms. The van der Waals surface area contributed by atoms with Crippen molar-refractivity contribution in [2.45, 2.75) is 25.8 Å². The molecule has 6 heteroatoms. The molecule has 4 rings (SSSR count). The average Bonchev–Trinajstić information content (AvgIpc) is 3.24. The molecular weight excluding hydrogens is 388 g/mol. The fraction of sp³-hybridized carbons (Fsp3) is 0.455. The molecule has 0 radical (unpaired) electrons. The van der Waals surface area contributed by atoms with E-state index in [2.05, 4.69) is 19.9 Å². The molecule has 2 aliphatic heterocycles. The van der Waals surface area contributed by atoms with Crippen molar-refractivity contribution in [2.75, 3.05) is 31.1 Å². The minimum atomic E-state index is -0.339. The van der Waals surface area contributed by atoms with Crippen LogP contribution in [0.25, 0.3) is 0 Å². The van der Waals surface area contributed by atoms with Crippen molar-refractivity contribution >= 4 is 34.9 Å². The Kier molecular flexibility index (Phi) is 5.78. The molecule has 0 unspecified atom stereocenters. The van der Waals surface area contributed by atoms with Crippen LogP contribution in [0.4, 0.5) is 0 Å². The van der Waals surface area contributed by atoms with Crippen molar-refractivity contribution in [3.8, 4) is 0 Å². The van der Waals surface area contributed by atoms with Crippen LogP contribution in [0.15, 0.2) is 41.8 Å². The van der Waals surface area contributed by atoms with Crippen LogP contribution >= 0.6 is 23.1 Å². The Hall–Kier alpha value is -1.79. The first-order valence-corrected chi connectivity index (χ1v) is 11.9. The highest BCUT2D eigenvalue weighted by molar-refractivity contribution is 7.99. The third-order valence-electron chi connectivity index (χ3n) is 5.42. The summed E-state index contributed by atoms with van der Waals surface area (Å²) in [6.07, 6.45) is 0. The SMILES string of the molecule is CC(C)CN1C(=O)c2ccccc2[C@@H](C(=O)N2CCSCC2)[C@H]1c1cccs1. The van der Waals surface area contributed by atoms with Gasteiger partial charge in [-0.3, -0.25) is 9.59 Å². The maximum absolute atomic E-state index is 13.7. The Morgan fingerprint density at radius 1 is 1.14 bits per heavy atom. The summed E-state index contributed by atoms with van der Waals surface area (Å²) in [4.78, 5) is 32.2. The first-order chi connectivity index (χ1) is 13.6. The van der Waals surface area contributed by atoms with E-state index < -0.39 is 0 Å². The highest BCUT2D eigenvalue weighted by atomic mass is 32.2. The molecule has 0 bridgehead atoms. The number of carbonyl (C=O) groups excluding carboxylic acids is 2. The smallest absolute Gasteiger partial charge is 0.254 e. The van der Waals surface area contributed by atoms with Crippen LogP contribution in [0, 0.1) is 5.92 Å². The maximum atomic E-state index is 13.7. The van der Waals surface area contributed by atoms with Gasteiger partial charge in [-0.15, -0.1) is 11.3 Å². The molecule has 4 nitrogen and oxygen atoms in total. The highest BCUT2D eigenvalue weighted by Crippen LogP contribution is 2.45. The van der Waals surface area contributed by atoms with E-state index in [1.807, 2.05) is 57.3 Å². The second-order valence-electron chi connectivity index (χ2n) is 7.81. The summed E-state index contributed by atoms with van der Waals surface area (Å²) in [7, 11) is 0. The lowest BCUT2D eigenvalue weighted by Crippen LogP contribution is -2.50. The molecule has 0 aliphatic carbocycles. The van der Waals surface area contributed by atoms with E-state index in [4.69, 9.17) is 0 Å². The van der Waals surface area contributed by atoms with E-state index in [-0.39, 0.29) is 23.8 Å². The summed E-state index contributed by atoms with van der Waals surface area (Å²) in [5.74, 6) is 2.16. The predicted molar refractivity (Wildman–Crippen MR) is 116 cm³/mol. The topological polar surface area (TPSA) is 40.6 Å². The van der Waals surface area contributed by atoms with Gasteiger partial charge >= 0.3 is 0 Å². The second-order valence-corrected chi connectivity index (χ2v) is 10.0. The lowest BCUT2D eigenvalue weighted by Gasteiger charge is -2.43. The van der Waals surface area contributed by atoms with E-state index in [0.717, 1.165) is 35.0 Å². The Bertz CT molecular complexity index is 844. The molecule has 2 atom stereocenters. The maximum Gasteiger partial charge on any atom is 0.254 e. The van der Waals surface area contributed by atoms with E-state index in [9.17, 15) is 9.59 Å². The summed E-state index contributed by atoms with van der Waals surface area (Å²) in [5.41, 5.74) is 1.56. The van der Waals surface area contributed by atoms with Gasteiger partial charge in [0, 0.05) is 41.6 Å². The zero-order valence-electron chi connectivity index (χ0n) is 16.3. The molecule has 148 valence electrons. The summed E-state index contributed by atoms with van der Waals surface area (Å²) >= 11 is 3.54. The summed E-state index contributed by atoms with van der Waals surface area (Å²) in [6, 6.07) is 11.5. The van der Waals surface area contributed by atoms with Gasteiger partial charge in [-0.1, -0.05) is 38.1 Å². The largest absolute Gasteiger partial charge is 0.340 e. The Labute approximate surface area is 174 Å². The number of hydrogen-bond acceptors (Lipinski definition) is 4. The molecule has 28 heavy (non-hydrogen) atoms. The van der Waals surface area contributed by atoms with Gasteiger partial charge in [0.1, 0.15) is 0 Å². The Morgan fingerprint density at radius 2 is 1.89 bits per heavy atom. The van der Waals surface area contributed by atoms with Crippen molar-refractivity contribution in [3.05, 3.63) is 57.8 Å².